The first-order valence-corrected chi connectivity index (χ1v) is 9.97. The monoisotopic (exact) mass is 354 g/mol. The molecule has 0 atom stereocenters. The highest BCUT2D eigenvalue weighted by Gasteiger charge is 2.00. The van der Waals surface area contributed by atoms with Crippen LogP contribution in [0.25, 0.3) is 0 Å². The fourth-order valence-electron chi connectivity index (χ4n) is 2.91. The van der Waals surface area contributed by atoms with Crippen molar-refractivity contribution in [3.8, 4) is 5.75 Å². The highest BCUT2D eigenvalue weighted by molar-refractivity contribution is 5.54. The predicted octanol–water partition coefficient (Wildman–Crippen LogP) is 6.18. The normalized spacial score (nSPS) is 10.6. The molecule has 0 aromatic heterocycles. The minimum absolute atomic E-state index is 0.816. The second kappa shape index (κ2) is 11.5. The van der Waals surface area contributed by atoms with Gasteiger partial charge in [-0.1, -0.05) is 44.7 Å². The maximum absolute atomic E-state index is 5.81. The SMILES string of the molecule is CCCCCCCOc1ccc(NCCNc2cccc(C)c2C)cc1. The Morgan fingerprint density at radius 2 is 1.54 bits per heavy atom. The molecule has 0 saturated heterocycles. The molecule has 3 heteroatoms. The Bertz CT molecular complexity index is 637. The number of unbranched alkanes of at least 4 members (excludes halogenated alkanes) is 4. The fourth-order valence-corrected chi connectivity index (χ4v) is 2.91. The van der Waals surface area contributed by atoms with Crippen molar-refractivity contribution in [3.05, 3.63) is 53.6 Å². The molecular formula is C23H34N2O. The lowest BCUT2D eigenvalue weighted by Gasteiger charge is -2.13. The molecule has 3 nitrogen and oxygen atoms in total. The largest absolute Gasteiger partial charge is 0.494 e. The molecule has 2 rings (SSSR count). The second-order valence-electron chi connectivity index (χ2n) is 6.89. The first-order valence-electron chi connectivity index (χ1n) is 9.97. The van der Waals surface area contributed by atoms with Gasteiger partial charge in [-0.3, -0.25) is 0 Å². The van der Waals surface area contributed by atoms with Crippen molar-refractivity contribution in [2.45, 2.75) is 52.9 Å². The Morgan fingerprint density at radius 1 is 0.808 bits per heavy atom. The Balaban J connectivity index is 1.63. The number of hydrogen-bond acceptors (Lipinski definition) is 3. The minimum Gasteiger partial charge on any atom is -0.494 e. The number of hydrogen-bond donors (Lipinski definition) is 2. The zero-order chi connectivity index (χ0) is 18.6. The molecule has 0 aliphatic heterocycles. The summed E-state index contributed by atoms with van der Waals surface area (Å²) >= 11 is 0. The second-order valence-corrected chi connectivity index (χ2v) is 6.89. The molecule has 142 valence electrons. The zero-order valence-electron chi connectivity index (χ0n) is 16.6. The van der Waals surface area contributed by atoms with Gasteiger partial charge in [0.2, 0.25) is 0 Å². The number of aryl methyl sites for hydroxylation is 1. The van der Waals surface area contributed by atoms with Gasteiger partial charge in [0.1, 0.15) is 5.75 Å². The van der Waals surface area contributed by atoms with Crippen LogP contribution < -0.4 is 15.4 Å². The summed E-state index contributed by atoms with van der Waals surface area (Å²) in [6.07, 6.45) is 6.35. The van der Waals surface area contributed by atoms with E-state index < -0.39 is 0 Å². The molecule has 0 spiro atoms. The van der Waals surface area contributed by atoms with Crippen molar-refractivity contribution in [2.75, 3.05) is 30.3 Å². The fraction of sp³-hybridized carbons (Fsp3) is 0.478. The lowest BCUT2D eigenvalue weighted by molar-refractivity contribution is 0.304. The van der Waals surface area contributed by atoms with Crippen molar-refractivity contribution in [1.82, 2.24) is 0 Å². The van der Waals surface area contributed by atoms with Crippen molar-refractivity contribution in [1.29, 1.82) is 0 Å². The Kier molecular flexibility index (Phi) is 8.88. The molecule has 0 saturated carbocycles. The molecule has 0 unspecified atom stereocenters. The van der Waals surface area contributed by atoms with Crippen LogP contribution in [0.1, 0.15) is 50.2 Å². The summed E-state index contributed by atoms with van der Waals surface area (Å²) in [5, 5.41) is 6.95. The Hall–Kier alpha value is -2.16. The van der Waals surface area contributed by atoms with E-state index in [9.17, 15) is 0 Å². The van der Waals surface area contributed by atoms with Crippen molar-refractivity contribution in [2.24, 2.45) is 0 Å². The molecule has 0 aliphatic rings. The molecule has 0 heterocycles. The van der Waals surface area contributed by atoms with Crippen LogP contribution in [-0.2, 0) is 0 Å². The first kappa shape index (κ1) is 20.2. The summed E-state index contributed by atoms with van der Waals surface area (Å²) in [5.74, 6) is 0.958. The van der Waals surface area contributed by atoms with Gasteiger partial charge in [-0.05, 0) is 61.7 Å². The van der Waals surface area contributed by atoms with Crippen molar-refractivity contribution in [3.63, 3.8) is 0 Å². The summed E-state index contributed by atoms with van der Waals surface area (Å²) in [6.45, 7) is 9.13. The highest BCUT2D eigenvalue weighted by atomic mass is 16.5. The quantitative estimate of drug-likeness (QED) is 0.447. The summed E-state index contributed by atoms with van der Waals surface area (Å²) < 4.78 is 5.81. The van der Waals surface area contributed by atoms with Gasteiger partial charge in [0.05, 0.1) is 6.61 Å². The van der Waals surface area contributed by atoms with Crippen LogP contribution in [0, 0.1) is 13.8 Å². The zero-order valence-corrected chi connectivity index (χ0v) is 16.6. The molecule has 0 radical (unpaired) electrons. The molecule has 0 bridgehead atoms. The van der Waals surface area contributed by atoms with Crippen LogP contribution in [0.5, 0.6) is 5.75 Å². The van der Waals surface area contributed by atoms with Gasteiger partial charge in [0, 0.05) is 24.5 Å². The van der Waals surface area contributed by atoms with Gasteiger partial charge in [-0.25, -0.2) is 0 Å². The Labute approximate surface area is 159 Å². The van der Waals surface area contributed by atoms with E-state index in [4.69, 9.17) is 4.74 Å². The third-order valence-electron chi connectivity index (χ3n) is 4.75. The number of rotatable bonds is 12. The lowest BCUT2D eigenvalue weighted by Crippen LogP contribution is -2.14. The van der Waals surface area contributed by atoms with Crippen LogP contribution in [0.3, 0.4) is 0 Å². The van der Waals surface area contributed by atoms with E-state index in [2.05, 4.69) is 61.7 Å². The standard InChI is InChI=1S/C23H34N2O/c1-4-5-6-7-8-18-26-22-14-12-21(13-15-22)24-16-17-25-23-11-9-10-19(2)20(23)3/h9-15,24-25H,4-8,16-18H2,1-3H3. The molecular weight excluding hydrogens is 320 g/mol. The molecule has 2 aromatic rings. The third kappa shape index (κ3) is 6.99. The van der Waals surface area contributed by atoms with Gasteiger partial charge in [0.25, 0.3) is 0 Å². The Morgan fingerprint density at radius 3 is 2.31 bits per heavy atom. The molecule has 0 aliphatic carbocycles. The van der Waals surface area contributed by atoms with E-state index in [0.717, 1.165) is 37.6 Å². The maximum atomic E-state index is 5.81. The lowest BCUT2D eigenvalue weighted by atomic mass is 10.1. The number of ether oxygens (including phenoxy) is 1. The van der Waals surface area contributed by atoms with E-state index in [1.807, 2.05) is 12.1 Å². The smallest absolute Gasteiger partial charge is 0.119 e. The van der Waals surface area contributed by atoms with Crippen LogP contribution in [-0.4, -0.2) is 19.7 Å². The van der Waals surface area contributed by atoms with Crippen LogP contribution in [0.4, 0.5) is 11.4 Å². The van der Waals surface area contributed by atoms with E-state index in [1.54, 1.807) is 0 Å². The van der Waals surface area contributed by atoms with Gasteiger partial charge < -0.3 is 15.4 Å². The van der Waals surface area contributed by atoms with E-state index in [1.165, 1.54) is 42.5 Å². The van der Waals surface area contributed by atoms with Gasteiger partial charge in [-0.15, -0.1) is 0 Å². The predicted molar refractivity (Wildman–Crippen MR) is 114 cm³/mol. The average molecular weight is 355 g/mol. The highest BCUT2D eigenvalue weighted by Crippen LogP contribution is 2.18. The van der Waals surface area contributed by atoms with Crippen LogP contribution >= 0.6 is 0 Å². The first-order chi connectivity index (χ1) is 12.7. The van der Waals surface area contributed by atoms with E-state index in [0.29, 0.717) is 0 Å². The molecule has 0 fully saturated rings. The van der Waals surface area contributed by atoms with Gasteiger partial charge in [-0.2, -0.15) is 0 Å². The van der Waals surface area contributed by atoms with E-state index >= 15 is 0 Å². The van der Waals surface area contributed by atoms with E-state index in [-0.39, 0.29) is 0 Å². The van der Waals surface area contributed by atoms with Crippen LogP contribution in [0.2, 0.25) is 0 Å². The average Bonchev–Trinajstić information content (AvgIpc) is 2.66. The summed E-state index contributed by atoms with van der Waals surface area (Å²) in [5.41, 5.74) is 4.99. The molecule has 0 amide bonds. The summed E-state index contributed by atoms with van der Waals surface area (Å²) in [4.78, 5) is 0. The number of benzene rings is 2. The molecule has 2 N–H and O–H groups in total. The summed E-state index contributed by atoms with van der Waals surface area (Å²) in [7, 11) is 0. The molecule has 26 heavy (non-hydrogen) atoms. The molecule has 2 aromatic carbocycles. The summed E-state index contributed by atoms with van der Waals surface area (Å²) in [6, 6.07) is 14.7. The minimum atomic E-state index is 0.816. The maximum Gasteiger partial charge on any atom is 0.119 e. The topological polar surface area (TPSA) is 33.3 Å². The van der Waals surface area contributed by atoms with Gasteiger partial charge in [0.15, 0.2) is 0 Å². The third-order valence-corrected chi connectivity index (χ3v) is 4.75. The number of nitrogens with one attached hydrogen (secondary N) is 2. The number of anilines is 2. The van der Waals surface area contributed by atoms with Crippen molar-refractivity contribution < 1.29 is 4.74 Å². The van der Waals surface area contributed by atoms with Crippen molar-refractivity contribution >= 4 is 11.4 Å². The van der Waals surface area contributed by atoms with Gasteiger partial charge >= 0.3 is 0 Å². The van der Waals surface area contributed by atoms with Crippen LogP contribution in [0.15, 0.2) is 42.5 Å².